The second-order valence-electron chi connectivity index (χ2n) is 3.85. The van der Waals surface area contributed by atoms with Crippen molar-refractivity contribution < 1.29 is 17.7 Å². The fourth-order valence-electron chi connectivity index (χ4n) is 1.47. The summed E-state index contributed by atoms with van der Waals surface area (Å²) in [6.45, 7) is -2.63. The molecule has 94 valence electrons. The Bertz CT molecular complexity index is 578. The molecule has 0 amide bonds. The average molecular weight is 252 g/mol. The van der Waals surface area contributed by atoms with Gasteiger partial charge in [-0.25, -0.2) is 0 Å². The Morgan fingerprint density at radius 1 is 1.22 bits per heavy atom. The van der Waals surface area contributed by atoms with Gasteiger partial charge >= 0.3 is 6.98 Å². The van der Waals surface area contributed by atoms with Gasteiger partial charge < -0.3 is 17.7 Å². The first-order chi connectivity index (χ1) is 8.48. The highest BCUT2D eigenvalue weighted by Crippen LogP contribution is 2.25. The van der Waals surface area contributed by atoms with Crippen LogP contribution in [0, 0.1) is 0 Å². The Morgan fingerprint density at radius 3 is 2.72 bits per heavy atom. The Balaban J connectivity index is 2.20. The van der Waals surface area contributed by atoms with E-state index in [4.69, 9.17) is 4.74 Å². The molecule has 18 heavy (non-hydrogen) atoms. The summed E-state index contributed by atoms with van der Waals surface area (Å²) >= 11 is 0. The molecule has 0 fully saturated rings. The van der Waals surface area contributed by atoms with Gasteiger partial charge in [-0.15, -0.1) is 12.1 Å². The van der Waals surface area contributed by atoms with Gasteiger partial charge in [-0.05, 0) is 24.3 Å². The average Bonchev–Trinajstić information content (AvgIpc) is 2.34. The van der Waals surface area contributed by atoms with E-state index in [9.17, 15) is 12.9 Å². The summed E-state index contributed by atoms with van der Waals surface area (Å²) < 4.78 is 42.2. The summed E-state index contributed by atoms with van der Waals surface area (Å²) in [6.07, 6.45) is 1.61. The van der Waals surface area contributed by atoms with Crippen molar-refractivity contribution in [3.05, 3.63) is 48.6 Å². The smallest absolute Gasteiger partial charge is 0.492 e. The maximum Gasteiger partial charge on any atom is 0.508 e. The molecular formula is C12H10BF3NO-. The summed E-state index contributed by atoms with van der Waals surface area (Å²) in [6, 6.07) is 8.52. The Kier molecular flexibility index (Phi) is 3.27. The molecule has 0 unspecified atom stereocenters. The molecule has 0 aliphatic heterocycles. The van der Waals surface area contributed by atoms with Crippen LogP contribution in [0.15, 0.2) is 48.6 Å². The van der Waals surface area contributed by atoms with E-state index < -0.39 is 19.1 Å². The highest BCUT2D eigenvalue weighted by atomic mass is 19.4. The van der Waals surface area contributed by atoms with E-state index in [0.29, 0.717) is 16.7 Å². The normalized spacial score (nSPS) is 11.5. The molecule has 0 saturated heterocycles. The molecule has 0 aliphatic rings. The first-order valence-corrected chi connectivity index (χ1v) is 5.32. The van der Waals surface area contributed by atoms with E-state index in [-0.39, 0.29) is 0 Å². The summed E-state index contributed by atoms with van der Waals surface area (Å²) in [4.78, 5) is 4.10. The molecule has 6 heteroatoms. The number of pyridine rings is 1. The molecule has 0 radical (unpaired) electrons. The van der Waals surface area contributed by atoms with Crippen LogP contribution < -0.4 is 4.74 Å². The van der Waals surface area contributed by atoms with Crippen LogP contribution in [0.1, 0.15) is 0 Å². The highest BCUT2D eigenvalue weighted by molar-refractivity contribution is 6.66. The van der Waals surface area contributed by atoms with E-state index in [0.717, 1.165) is 0 Å². The van der Waals surface area contributed by atoms with Crippen LogP contribution in [0.4, 0.5) is 12.9 Å². The van der Waals surface area contributed by atoms with Crippen molar-refractivity contribution in [2.75, 3.05) is 6.61 Å². The van der Waals surface area contributed by atoms with Gasteiger partial charge in [0.2, 0.25) is 0 Å². The standard InChI is InChI=1S/C12H10BF3NO/c1-9(13(14,15)16)8-18-12-6-2-5-11-10(12)4-3-7-17-11/h2-7H,1,8H2/q-1. The number of hydrogen-bond donors (Lipinski definition) is 0. The first kappa shape index (κ1) is 12.5. The molecule has 2 rings (SSSR count). The predicted octanol–water partition coefficient (Wildman–Crippen LogP) is 3.56. The molecule has 0 saturated carbocycles. The summed E-state index contributed by atoms with van der Waals surface area (Å²) in [5.41, 5.74) is -0.172. The summed E-state index contributed by atoms with van der Waals surface area (Å²) in [5.74, 6) is 0.377. The van der Waals surface area contributed by atoms with E-state index in [1.165, 1.54) is 0 Å². The van der Waals surface area contributed by atoms with E-state index >= 15 is 0 Å². The SMILES string of the molecule is C=C(COc1cccc2ncccc12)[B-](F)(F)F. The molecule has 1 aromatic carbocycles. The van der Waals surface area contributed by atoms with E-state index in [1.807, 2.05) is 0 Å². The summed E-state index contributed by atoms with van der Waals surface area (Å²) in [7, 11) is 0. The minimum absolute atomic E-state index is 0.377. The third-order valence-corrected chi connectivity index (χ3v) is 2.48. The second kappa shape index (κ2) is 4.72. The third-order valence-electron chi connectivity index (χ3n) is 2.48. The maximum absolute atomic E-state index is 12.3. The monoisotopic (exact) mass is 252 g/mol. The van der Waals surface area contributed by atoms with Gasteiger partial charge in [0.25, 0.3) is 0 Å². The molecule has 0 spiro atoms. The lowest BCUT2D eigenvalue weighted by Crippen LogP contribution is -2.23. The molecule has 0 N–H and O–H groups in total. The largest absolute Gasteiger partial charge is 0.508 e. The second-order valence-corrected chi connectivity index (χ2v) is 3.85. The molecule has 0 aliphatic carbocycles. The number of ether oxygens (including phenoxy) is 1. The van der Waals surface area contributed by atoms with Gasteiger partial charge in [0.05, 0.1) is 12.1 Å². The lowest BCUT2D eigenvalue weighted by Gasteiger charge is -2.18. The zero-order valence-corrected chi connectivity index (χ0v) is 9.45. The maximum atomic E-state index is 12.3. The molecular weight excluding hydrogens is 242 g/mol. The van der Waals surface area contributed by atoms with Gasteiger partial charge in [-0.1, -0.05) is 6.07 Å². The van der Waals surface area contributed by atoms with Crippen molar-refractivity contribution in [1.82, 2.24) is 4.98 Å². The fourth-order valence-corrected chi connectivity index (χ4v) is 1.47. The molecule has 0 atom stereocenters. The Labute approximate surface area is 102 Å². The van der Waals surface area contributed by atoms with Crippen molar-refractivity contribution in [1.29, 1.82) is 0 Å². The quantitative estimate of drug-likeness (QED) is 0.776. The van der Waals surface area contributed by atoms with E-state index in [2.05, 4.69) is 11.6 Å². The zero-order chi connectivity index (χ0) is 13.2. The predicted molar refractivity (Wildman–Crippen MR) is 65.5 cm³/mol. The van der Waals surface area contributed by atoms with Crippen molar-refractivity contribution in [2.24, 2.45) is 0 Å². The van der Waals surface area contributed by atoms with Crippen molar-refractivity contribution in [3.63, 3.8) is 0 Å². The van der Waals surface area contributed by atoms with Gasteiger partial charge in [-0.2, -0.15) is 0 Å². The molecule has 0 bridgehead atoms. The molecule has 2 aromatic rings. The van der Waals surface area contributed by atoms with Gasteiger partial charge in [0.15, 0.2) is 0 Å². The number of halogens is 3. The molecule has 2 nitrogen and oxygen atoms in total. The highest BCUT2D eigenvalue weighted by Gasteiger charge is 2.27. The Morgan fingerprint density at radius 2 is 2.00 bits per heavy atom. The topological polar surface area (TPSA) is 22.1 Å². The van der Waals surface area contributed by atoms with Crippen LogP contribution in [0.5, 0.6) is 5.75 Å². The summed E-state index contributed by atoms with van der Waals surface area (Å²) in [5, 5.41) is 0.683. The van der Waals surface area contributed by atoms with Crippen molar-refractivity contribution in [2.45, 2.75) is 0 Å². The van der Waals surface area contributed by atoms with Gasteiger partial charge in [-0.3, -0.25) is 4.98 Å². The van der Waals surface area contributed by atoms with Gasteiger partial charge in [0, 0.05) is 11.6 Å². The van der Waals surface area contributed by atoms with Crippen LogP contribution in [-0.4, -0.2) is 18.6 Å². The Hall–Kier alpha value is -1.98. The molecule has 1 heterocycles. The minimum atomic E-state index is -5.05. The van der Waals surface area contributed by atoms with Crippen LogP contribution in [-0.2, 0) is 0 Å². The van der Waals surface area contributed by atoms with Gasteiger partial charge in [0.1, 0.15) is 5.75 Å². The van der Waals surface area contributed by atoms with Crippen LogP contribution >= 0.6 is 0 Å². The van der Waals surface area contributed by atoms with Crippen LogP contribution in [0.2, 0.25) is 0 Å². The number of rotatable bonds is 4. The zero-order valence-electron chi connectivity index (χ0n) is 9.45. The molecule has 1 aromatic heterocycles. The third kappa shape index (κ3) is 2.64. The first-order valence-electron chi connectivity index (χ1n) is 5.32. The lowest BCUT2D eigenvalue weighted by atomic mass is 9.81. The van der Waals surface area contributed by atoms with Crippen LogP contribution in [0.25, 0.3) is 10.9 Å². The minimum Gasteiger partial charge on any atom is -0.492 e. The van der Waals surface area contributed by atoms with Crippen LogP contribution in [0.3, 0.4) is 0 Å². The fraction of sp³-hybridized carbons (Fsp3) is 0.0833. The van der Waals surface area contributed by atoms with E-state index in [1.54, 1.807) is 36.5 Å². The number of hydrogen-bond acceptors (Lipinski definition) is 2. The van der Waals surface area contributed by atoms with Crippen molar-refractivity contribution >= 4 is 17.9 Å². The number of fused-ring (bicyclic) bond motifs is 1. The number of nitrogens with zero attached hydrogens (tertiary/aromatic N) is 1. The number of aromatic nitrogens is 1. The van der Waals surface area contributed by atoms with Crippen molar-refractivity contribution in [3.8, 4) is 5.75 Å². The number of benzene rings is 1. The lowest BCUT2D eigenvalue weighted by molar-refractivity contribution is 0.350.